The van der Waals surface area contributed by atoms with Gasteiger partial charge < -0.3 is 0 Å². The Kier molecular flexibility index (Phi) is 3.99. The van der Waals surface area contributed by atoms with Crippen molar-refractivity contribution in [3.8, 4) is 5.69 Å². The molecule has 0 aliphatic rings. The van der Waals surface area contributed by atoms with Crippen LogP contribution in [0, 0.1) is 13.8 Å². The van der Waals surface area contributed by atoms with Crippen LogP contribution in [0.15, 0.2) is 33.9 Å². The predicted octanol–water partition coefficient (Wildman–Crippen LogP) is 2.82. The molecule has 3 aromatic heterocycles. The van der Waals surface area contributed by atoms with Crippen LogP contribution in [0.25, 0.3) is 22.6 Å². The molecule has 27 heavy (non-hydrogen) atoms. The Morgan fingerprint density at radius 1 is 1.11 bits per heavy atom. The Hall–Kier alpha value is -2.80. The summed E-state index contributed by atoms with van der Waals surface area (Å²) in [6.07, 6.45) is 0.696. The number of hydrogen-bond acceptors (Lipinski definition) is 3. The summed E-state index contributed by atoms with van der Waals surface area (Å²) >= 11 is 6.41. The molecule has 7 nitrogen and oxygen atoms in total. The number of imidazole rings is 2. The first kappa shape index (κ1) is 17.6. The summed E-state index contributed by atoms with van der Waals surface area (Å²) in [5.41, 5.74) is 2.71. The molecular formula is C19H20ClN5O2. The maximum absolute atomic E-state index is 13.1. The minimum atomic E-state index is -0.353. The normalized spacial score (nSPS) is 11.7. The van der Waals surface area contributed by atoms with Crippen LogP contribution in [-0.4, -0.2) is 23.1 Å². The second-order valence-electron chi connectivity index (χ2n) is 6.68. The number of halogens is 1. The molecule has 140 valence electrons. The van der Waals surface area contributed by atoms with E-state index in [0.717, 1.165) is 17.1 Å². The Bertz CT molecular complexity index is 1320. The summed E-state index contributed by atoms with van der Waals surface area (Å²) in [5.74, 6) is 0.564. The summed E-state index contributed by atoms with van der Waals surface area (Å²) in [6.45, 7) is 6.21. The third-order valence-corrected chi connectivity index (χ3v) is 5.38. The van der Waals surface area contributed by atoms with E-state index in [0.29, 0.717) is 34.9 Å². The van der Waals surface area contributed by atoms with Gasteiger partial charge in [0.05, 0.1) is 10.7 Å². The molecule has 3 heterocycles. The molecule has 0 saturated carbocycles. The molecule has 0 N–H and O–H groups in total. The SMILES string of the molecule is CCCn1c(=O)c2c(nc3n(-c4ccccc4Cl)c(C)c(C)n23)n(C)c1=O. The van der Waals surface area contributed by atoms with Gasteiger partial charge in [-0.1, -0.05) is 30.7 Å². The summed E-state index contributed by atoms with van der Waals surface area (Å²) < 4.78 is 6.46. The second-order valence-corrected chi connectivity index (χ2v) is 7.08. The summed E-state index contributed by atoms with van der Waals surface area (Å²) in [4.78, 5) is 30.4. The van der Waals surface area contributed by atoms with Crippen molar-refractivity contribution in [2.75, 3.05) is 0 Å². The van der Waals surface area contributed by atoms with Gasteiger partial charge in [0, 0.05) is 25.0 Å². The minimum Gasteiger partial charge on any atom is -0.281 e. The first-order chi connectivity index (χ1) is 12.9. The lowest BCUT2D eigenvalue weighted by atomic mass is 10.3. The van der Waals surface area contributed by atoms with E-state index in [9.17, 15) is 9.59 Å². The van der Waals surface area contributed by atoms with Crippen molar-refractivity contribution in [2.45, 2.75) is 33.7 Å². The van der Waals surface area contributed by atoms with Gasteiger partial charge in [0.15, 0.2) is 11.2 Å². The second kappa shape index (κ2) is 6.13. The van der Waals surface area contributed by atoms with Gasteiger partial charge in [-0.2, -0.15) is 4.98 Å². The Morgan fingerprint density at radius 3 is 2.48 bits per heavy atom. The van der Waals surface area contributed by atoms with E-state index < -0.39 is 0 Å². The van der Waals surface area contributed by atoms with E-state index in [-0.39, 0.29) is 11.2 Å². The molecule has 0 fully saturated rings. The average molecular weight is 386 g/mol. The fourth-order valence-corrected chi connectivity index (χ4v) is 3.81. The molecule has 0 radical (unpaired) electrons. The number of nitrogens with zero attached hydrogens (tertiary/aromatic N) is 5. The number of fused-ring (bicyclic) bond motifs is 3. The quantitative estimate of drug-likeness (QED) is 0.544. The molecule has 0 aliphatic heterocycles. The number of rotatable bonds is 3. The molecule has 0 spiro atoms. The molecule has 0 amide bonds. The lowest BCUT2D eigenvalue weighted by Gasteiger charge is -2.08. The maximum atomic E-state index is 13.1. The van der Waals surface area contributed by atoms with Crippen molar-refractivity contribution in [2.24, 2.45) is 7.05 Å². The molecule has 0 bridgehead atoms. The van der Waals surface area contributed by atoms with E-state index in [1.54, 1.807) is 7.05 Å². The molecule has 0 aliphatic carbocycles. The first-order valence-electron chi connectivity index (χ1n) is 8.83. The van der Waals surface area contributed by atoms with Gasteiger partial charge in [-0.15, -0.1) is 0 Å². The van der Waals surface area contributed by atoms with Crippen molar-refractivity contribution in [1.29, 1.82) is 0 Å². The van der Waals surface area contributed by atoms with Crippen LogP contribution < -0.4 is 11.2 Å². The molecular weight excluding hydrogens is 366 g/mol. The summed E-state index contributed by atoms with van der Waals surface area (Å²) in [5, 5.41) is 0.586. The molecule has 0 atom stereocenters. The van der Waals surface area contributed by atoms with Crippen molar-refractivity contribution < 1.29 is 0 Å². The van der Waals surface area contributed by atoms with E-state index in [1.165, 1.54) is 9.13 Å². The van der Waals surface area contributed by atoms with Gasteiger partial charge in [0.1, 0.15) is 0 Å². The van der Waals surface area contributed by atoms with E-state index in [2.05, 4.69) is 4.98 Å². The molecule has 4 aromatic rings. The van der Waals surface area contributed by atoms with Crippen molar-refractivity contribution in [3.63, 3.8) is 0 Å². The topological polar surface area (TPSA) is 66.2 Å². The van der Waals surface area contributed by atoms with Crippen LogP contribution in [-0.2, 0) is 13.6 Å². The van der Waals surface area contributed by atoms with E-state index >= 15 is 0 Å². The van der Waals surface area contributed by atoms with Crippen molar-refractivity contribution in [1.82, 2.24) is 23.1 Å². The summed E-state index contributed by atoms with van der Waals surface area (Å²) in [7, 11) is 1.64. The molecule has 1 aromatic carbocycles. The zero-order valence-corrected chi connectivity index (χ0v) is 16.4. The third kappa shape index (κ3) is 2.31. The Balaban J connectivity index is 2.23. The lowest BCUT2D eigenvalue weighted by Crippen LogP contribution is -2.39. The number of aryl methyl sites for hydroxylation is 2. The van der Waals surface area contributed by atoms with Gasteiger partial charge in [-0.25, -0.2) is 4.79 Å². The van der Waals surface area contributed by atoms with Crippen molar-refractivity contribution in [3.05, 3.63) is 61.5 Å². The van der Waals surface area contributed by atoms with E-state index in [4.69, 9.17) is 11.6 Å². The molecule has 8 heteroatoms. The fraction of sp³-hybridized carbons (Fsp3) is 0.316. The summed E-state index contributed by atoms with van der Waals surface area (Å²) in [6, 6.07) is 7.49. The monoisotopic (exact) mass is 385 g/mol. The van der Waals surface area contributed by atoms with E-state index in [1.807, 2.05) is 54.0 Å². The van der Waals surface area contributed by atoms with Gasteiger partial charge in [0.25, 0.3) is 5.56 Å². The molecule has 0 unspecified atom stereocenters. The first-order valence-corrected chi connectivity index (χ1v) is 9.21. The van der Waals surface area contributed by atoms with Gasteiger partial charge in [-0.05, 0) is 32.4 Å². The van der Waals surface area contributed by atoms with Crippen molar-refractivity contribution >= 4 is 28.5 Å². The fourth-order valence-electron chi connectivity index (χ4n) is 3.59. The highest BCUT2D eigenvalue weighted by Gasteiger charge is 2.23. The number of aromatic nitrogens is 5. The third-order valence-electron chi connectivity index (χ3n) is 5.06. The standard InChI is InChI=1S/C19H20ClN5O2/c1-5-10-23-17(26)15-16(22(4)19(23)27)21-18-24(11(2)12(3)25(15)18)14-9-7-6-8-13(14)20/h6-9H,5,10H2,1-4H3. The maximum Gasteiger partial charge on any atom is 0.332 e. The van der Waals surface area contributed by atoms with Gasteiger partial charge in [0.2, 0.25) is 5.78 Å². The molecule has 0 saturated heterocycles. The zero-order chi connectivity index (χ0) is 19.5. The number of hydrogen-bond donors (Lipinski definition) is 0. The highest BCUT2D eigenvalue weighted by Crippen LogP contribution is 2.28. The lowest BCUT2D eigenvalue weighted by molar-refractivity contribution is 0.592. The van der Waals surface area contributed by atoms with Gasteiger partial charge >= 0.3 is 5.69 Å². The van der Waals surface area contributed by atoms with Crippen LogP contribution in [0.2, 0.25) is 5.02 Å². The van der Waals surface area contributed by atoms with Crippen LogP contribution in [0.3, 0.4) is 0 Å². The highest BCUT2D eigenvalue weighted by atomic mass is 35.5. The zero-order valence-electron chi connectivity index (χ0n) is 15.7. The largest absolute Gasteiger partial charge is 0.332 e. The highest BCUT2D eigenvalue weighted by molar-refractivity contribution is 6.32. The minimum absolute atomic E-state index is 0.318. The Morgan fingerprint density at radius 2 is 1.81 bits per heavy atom. The average Bonchev–Trinajstić information content (AvgIpc) is 3.14. The smallest absolute Gasteiger partial charge is 0.281 e. The van der Waals surface area contributed by atoms with Gasteiger partial charge in [-0.3, -0.25) is 22.9 Å². The molecule has 4 rings (SSSR count). The predicted molar refractivity (Wildman–Crippen MR) is 106 cm³/mol. The Labute approximate surface area is 160 Å². The van der Waals surface area contributed by atoms with Crippen LogP contribution in [0.5, 0.6) is 0 Å². The number of para-hydroxylation sites is 1. The van der Waals surface area contributed by atoms with Crippen LogP contribution in [0.1, 0.15) is 24.7 Å². The van der Waals surface area contributed by atoms with Crippen LogP contribution in [0.4, 0.5) is 0 Å². The number of benzene rings is 1. The van der Waals surface area contributed by atoms with Crippen LogP contribution >= 0.6 is 11.6 Å².